The zero-order chi connectivity index (χ0) is 18.7. The monoisotopic (exact) mass is 421 g/mol. The summed E-state index contributed by atoms with van der Waals surface area (Å²) in [5.74, 6) is 0. The summed E-state index contributed by atoms with van der Waals surface area (Å²) in [5.41, 5.74) is 0. The van der Waals surface area contributed by atoms with Crippen molar-refractivity contribution >= 4 is 36.3 Å². The highest BCUT2D eigenvalue weighted by Gasteiger charge is 2.31. The lowest BCUT2D eigenvalue weighted by molar-refractivity contribution is 0.261. The predicted octanol–water partition coefficient (Wildman–Crippen LogP) is 4.09. The third kappa shape index (κ3) is 27.3. The van der Waals surface area contributed by atoms with E-state index in [2.05, 4.69) is 56.9 Å². The van der Waals surface area contributed by atoms with Crippen LogP contribution in [0, 0.1) is 0 Å². The summed E-state index contributed by atoms with van der Waals surface area (Å²) in [6.45, 7) is 17.5. The molecule has 0 radical (unpaired) electrons. The molecule has 0 aliphatic rings. The number of hydrogen-bond donors (Lipinski definition) is 2. The maximum Gasteiger partial charge on any atom is 0.397 e. The van der Waals surface area contributed by atoms with Gasteiger partial charge in [-0.1, -0.05) is 26.2 Å². The smallest absolute Gasteiger partial charge is 0.397 e. The molecule has 150 valence electrons. The summed E-state index contributed by atoms with van der Waals surface area (Å²) in [4.78, 5) is 0. The Bertz CT molecular complexity index is 399. The average Bonchev–Trinajstić information content (AvgIpc) is 2.22. The normalized spacial score (nSPS) is 12.4. The van der Waals surface area contributed by atoms with E-state index in [0.717, 1.165) is 19.3 Å². The van der Waals surface area contributed by atoms with Gasteiger partial charge >= 0.3 is 19.0 Å². The molecule has 0 bridgehead atoms. The zero-order valence-electron chi connectivity index (χ0n) is 16.7. The minimum Gasteiger partial charge on any atom is -0.440 e. The van der Waals surface area contributed by atoms with E-state index in [-0.39, 0.29) is 12.8 Å². The molecule has 0 atom stereocenters. The van der Waals surface area contributed by atoms with Gasteiger partial charge in [-0.25, -0.2) is 4.18 Å². The lowest BCUT2D eigenvalue weighted by atomic mass is 10.2. The van der Waals surface area contributed by atoms with Gasteiger partial charge in [0.25, 0.3) is 0 Å². The van der Waals surface area contributed by atoms with E-state index < -0.39 is 36.3 Å². The summed E-state index contributed by atoms with van der Waals surface area (Å²) >= 11 is 0. The molecule has 0 amide bonds. The molecule has 0 heterocycles. The van der Waals surface area contributed by atoms with Gasteiger partial charge in [-0.05, 0) is 52.2 Å². The molecule has 0 aromatic rings. The second kappa shape index (κ2) is 13.6. The molecule has 0 spiro atoms. The molecular formula is C13H39NO6SSi3. The maximum absolute atomic E-state index is 10.00. The van der Waals surface area contributed by atoms with Gasteiger partial charge in [0.15, 0.2) is 17.4 Å². The van der Waals surface area contributed by atoms with E-state index >= 15 is 0 Å². The second-order valence-electron chi connectivity index (χ2n) is 7.09. The number of rotatable bonds is 10. The summed E-state index contributed by atoms with van der Waals surface area (Å²) in [7, 11) is -8.32. The van der Waals surface area contributed by atoms with Crippen molar-refractivity contribution in [2.45, 2.75) is 78.4 Å². The Kier molecular flexibility index (Phi) is 16.5. The molecule has 0 saturated heterocycles. The van der Waals surface area contributed by atoms with E-state index in [4.69, 9.17) is 12.8 Å². The summed E-state index contributed by atoms with van der Waals surface area (Å²) < 4.78 is 44.2. The van der Waals surface area contributed by atoms with E-state index in [0.29, 0.717) is 6.42 Å². The van der Waals surface area contributed by atoms with Crippen LogP contribution in [0.4, 0.5) is 0 Å². The molecular weight excluding hydrogens is 382 g/mol. The molecule has 0 saturated carbocycles. The van der Waals surface area contributed by atoms with Gasteiger partial charge in [0.2, 0.25) is 0 Å². The van der Waals surface area contributed by atoms with E-state index in [9.17, 15) is 8.42 Å². The van der Waals surface area contributed by atoms with Gasteiger partial charge in [-0.3, -0.25) is 4.55 Å². The number of hydrogen-bond acceptors (Lipinski definition) is 6. The van der Waals surface area contributed by atoms with Crippen LogP contribution in [0.25, 0.3) is 0 Å². The first kappa shape index (κ1) is 29.2. The summed E-state index contributed by atoms with van der Waals surface area (Å²) in [6.07, 6.45) is 3.76. The Labute approximate surface area is 153 Å². The fourth-order valence-corrected chi connectivity index (χ4v) is 13.4. The first-order chi connectivity index (χ1) is 10.2. The van der Waals surface area contributed by atoms with Crippen molar-refractivity contribution in [2.75, 3.05) is 6.61 Å². The first-order valence-electron chi connectivity index (χ1n) is 8.18. The third-order valence-corrected chi connectivity index (χ3v) is 11.3. The van der Waals surface area contributed by atoms with Crippen LogP contribution in [-0.4, -0.2) is 45.5 Å². The van der Waals surface area contributed by atoms with Crippen molar-refractivity contribution in [3.63, 3.8) is 0 Å². The lowest BCUT2D eigenvalue weighted by Crippen LogP contribution is -2.46. The topological polar surface area (TPSA) is 117 Å². The fourth-order valence-electron chi connectivity index (χ4n) is 2.02. The molecule has 7 nitrogen and oxygen atoms in total. The lowest BCUT2D eigenvalue weighted by Gasteiger charge is -2.32. The molecule has 4 N–H and O–H groups in total. The van der Waals surface area contributed by atoms with Crippen LogP contribution in [0.15, 0.2) is 0 Å². The van der Waals surface area contributed by atoms with E-state index in [1.165, 1.54) is 0 Å². The molecule has 11 heteroatoms. The van der Waals surface area contributed by atoms with Crippen LogP contribution in [0.2, 0.25) is 45.8 Å². The quantitative estimate of drug-likeness (QED) is 0.310. The third-order valence-electron chi connectivity index (χ3n) is 2.30. The average molecular weight is 422 g/mol. The van der Waals surface area contributed by atoms with Crippen molar-refractivity contribution in [1.82, 2.24) is 6.15 Å². The van der Waals surface area contributed by atoms with Crippen LogP contribution >= 0.6 is 0 Å². The Morgan fingerprint density at radius 3 is 1.83 bits per heavy atom. The van der Waals surface area contributed by atoms with Crippen LogP contribution in [0.1, 0.15) is 32.6 Å². The molecule has 24 heavy (non-hydrogen) atoms. The summed E-state index contributed by atoms with van der Waals surface area (Å²) in [5, 5.41) is 0. The van der Waals surface area contributed by atoms with Crippen LogP contribution in [0.5, 0.6) is 0 Å². The van der Waals surface area contributed by atoms with Crippen molar-refractivity contribution in [3.8, 4) is 0 Å². The summed E-state index contributed by atoms with van der Waals surface area (Å²) in [6, 6.07) is 0. The van der Waals surface area contributed by atoms with Gasteiger partial charge in [0.1, 0.15) is 0 Å². The van der Waals surface area contributed by atoms with E-state index in [1.54, 1.807) is 0 Å². The van der Waals surface area contributed by atoms with Gasteiger partial charge in [-0.2, -0.15) is 8.42 Å². The maximum atomic E-state index is 10.00. The highest BCUT2D eigenvalue weighted by atomic mass is 32.3. The largest absolute Gasteiger partial charge is 0.440 e. The number of unbranched alkanes of at least 4 members (excludes halogenated alkanes) is 3. The van der Waals surface area contributed by atoms with Crippen LogP contribution < -0.4 is 6.15 Å². The first-order valence-corrected chi connectivity index (χ1v) is 18.6. The van der Waals surface area contributed by atoms with Gasteiger partial charge in [-0.15, -0.1) is 0 Å². The molecule has 0 aliphatic carbocycles. The molecule has 0 aromatic carbocycles. The van der Waals surface area contributed by atoms with Crippen molar-refractivity contribution in [2.24, 2.45) is 0 Å². The van der Waals surface area contributed by atoms with Crippen LogP contribution in [-0.2, 0) is 22.8 Å². The highest BCUT2D eigenvalue weighted by Crippen LogP contribution is 2.15. The molecule has 0 aliphatic heterocycles. The van der Waals surface area contributed by atoms with E-state index in [1.807, 2.05) is 0 Å². The second-order valence-corrected chi connectivity index (χ2v) is 19.1. The molecule has 0 unspecified atom stereocenters. The van der Waals surface area contributed by atoms with Gasteiger partial charge in [0, 0.05) is 0 Å². The zero-order valence-corrected chi connectivity index (χ0v) is 20.7. The Morgan fingerprint density at radius 1 is 1.00 bits per heavy atom. The molecule has 0 rings (SSSR count). The fraction of sp³-hybridized carbons (Fsp3) is 1.00. The molecule has 0 fully saturated rings. The van der Waals surface area contributed by atoms with Gasteiger partial charge in [0.05, 0.1) is 6.61 Å². The Balaban J connectivity index is -0.000000354. The SMILES string of the molecule is CCCCCCOS(=O)(=O)O.C[SiH](C)O[Si](C)(C)O[Si](C)(C)C.N. The standard InChI is InChI=1S/C7H22O2Si3.C6H14O4S.H3N/c1-10(2)8-12(6,7)9-11(3,4)5;1-2-3-4-5-6-10-11(7,8)9;/h10H,1-7H3;2-6H2,1H3,(H,7,8,9);1H3. The highest BCUT2D eigenvalue weighted by molar-refractivity contribution is 7.80. The van der Waals surface area contributed by atoms with Gasteiger partial charge < -0.3 is 14.4 Å². The van der Waals surface area contributed by atoms with Crippen molar-refractivity contribution in [1.29, 1.82) is 0 Å². The van der Waals surface area contributed by atoms with Crippen molar-refractivity contribution in [3.05, 3.63) is 0 Å². The minimum atomic E-state index is -4.21. The van der Waals surface area contributed by atoms with Crippen molar-refractivity contribution < 1.29 is 25.4 Å². The van der Waals surface area contributed by atoms with Crippen LogP contribution in [0.3, 0.4) is 0 Å². The Morgan fingerprint density at radius 2 is 1.50 bits per heavy atom. The molecule has 0 aromatic heterocycles. The minimum absolute atomic E-state index is 0. The Hall–Kier alpha value is 0.401. The predicted molar refractivity (Wildman–Crippen MR) is 109 cm³/mol.